The first-order valence-electron chi connectivity index (χ1n) is 8.00. The van der Waals surface area contributed by atoms with Crippen LogP contribution >= 0.6 is 11.6 Å². The van der Waals surface area contributed by atoms with E-state index >= 15 is 0 Å². The number of carboxylic acid groups (broad SMARTS) is 1. The van der Waals surface area contributed by atoms with Crippen molar-refractivity contribution in [2.75, 3.05) is 18.4 Å². The number of rotatable bonds is 5. The molecule has 2 heterocycles. The zero-order valence-corrected chi connectivity index (χ0v) is 15.2. The van der Waals surface area contributed by atoms with Crippen molar-refractivity contribution in [2.45, 2.75) is 45.6 Å². The van der Waals surface area contributed by atoms with E-state index in [1.807, 2.05) is 20.8 Å². The predicted molar refractivity (Wildman–Crippen MR) is 93.0 cm³/mol. The van der Waals surface area contributed by atoms with Crippen molar-refractivity contribution in [3.8, 4) is 0 Å². The van der Waals surface area contributed by atoms with Gasteiger partial charge in [0, 0.05) is 13.1 Å². The lowest BCUT2D eigenvalue weighted by atomic mass is 9.70. The summed E-state index contributed by atoms with van der Waals surface area (Å²) in [6.07, 6.45) is 2.15. The van der Waals surface area contributed by atoms with Crippen LogP contribution in [0.25, 0.3) is 0 Å². The molecular weight excluding hydrogens is 350 g/mol. The van der Waals surface area contributed by atoms with Crippen molar-refractivity contribution in [1.82, 2.24) is 14.9 Å². The highest BCUT2D eigenvalue weighted by molar-refractivity contribution is 6.28. The second-order valence-electron chi connectivity index (χ2n) is 7.13. The summed E-state index contributed by atoms with van der Waals surface area (Å²) in [6.45, 7) is 6.86. The molecule has 138 valence electrons. The zero-order valence-electron chi connectivity index (χ0n) is 14.5. The lowest BCUT2D eigenvalue weighted by Gasteiger charge is -2.47. The van der Waals surface area contributed by atoms with E-state index < -0.39 is 16.6 Å². The fourth-order valence-corrected chi connectivity index (χ4v) is 3.71. The number of nitrogens with zero attached hydrogens (tertiary/aromatic N) is 4. The van der Waals surface area contributed by atoms with Crippen molar-refractivity contribution in [1.29, 1.82) is 0 Å². The van der Waals surface area contributed by atoms with E-state index in [4.69, 9.17) is 11.6 Å². The third-order valence-electron chi connectivity index (χ3n) is 4.88. The number of hydrogen-bond donors (Lipinski definition) is 2. The first-order valence-corrected chi connectivity index (χ1v) is 8.38. The molecule has 1 unspecified atom stereocenters. The zero-order chi connectivity index (χ0) is 18.8. The molecule has 2 rings (SSSR count). The van der Waals surface area contributed by atoms with Crippen LogP contribution in [-0.4, -0.2) is 49.6 Å². The SMILES string of the molecule is CC(C)(C)C1(CCNc2nc(Cl)ncc2[N+](=O)[O-])CCCN1C(=O)O. The van der Waals surface area contributed by atoms with Gasteiger partial charge in [-0.15, -0.1) is 0 Å². The standard InChI is InChI=1S/C15H22ClN5O4/c1-14(2,3)15(5-4-8-20(15)13(22)23)6-7-17-11-10(21(24)25)9-18-12(16)19-11/h9H,4-8H2,1-3H3,(H,22,23)(H,17,18,19). The lowest BCUT2D eigenvalue weighted by Crippen LogP contribution is -2.56. The highest BCUT2D eigenvalue weighted by atomic mass is 35.5. The van der Waals surface area contributed by atoms with E-state index in [1.54, 1.807) is 0 Å². The van der Waals surface area contributed by atoms with E-state index in [1.165, 1.54) is 4.90 Å². The normalized spacial score (nSPS) is 20.6. The van der Waals surface area contributed by atoms with Gasteiger partial charge in [-0.25, -0.2) is 9.78 Å². The molecule has 0 radical (unpaired) electrons. The predicted octanol–water partition coefficient (Wildman–Crippen LogP) is 3.40. The molecule has 25 heavy (non-hydrogen) atoms. The Balaban J connectivity index is 2.20. The number of hydrogen-bond acceptors (Lipinski definition) is 6. The summed E-state index contributed by atoms with van der Waals surface area (Å²) >= 11 is 5.72. The van der Waals surface area contributed by atoms with Gasteiger partial charge in [-0.05, 0) is 36.3 Å². The number of anilines is 1. The quantitative estimate of drug-likeness (QED) is 0.462. The molecule has 1 saturated heterocycles. The van der Waals surface area contributed by atoms with Crippen LogP contribution in [0.2, 0.25) is 5.28 Å². The smallest absolute Gasteiger partial charge is 0.407 e. The van der Waals surface area contributed by atoms with Gasteiger partial charge < -0.3 is 15.3 Å². The highest BCUT2D eigenvalue weighted by Crippen LogP contribution is 2.46. The molecule has 1 aromatic heterocycles. The van der Waals surface area contributed by atoms with Crippen LogP contribution < -0.4 is 5.32 Å². The number of aromatic nitrogens is 2. The molecule has 9 nitrogen and oxygen atoms in total. The third-order valence-corrected chi connectivity index (χ3v) is 5.07. The number of nitrogens with one attached hydrogen (secondary N) is 1. The van der Waals surface area contributed by atoms with Gasteiger partial charge in [0.2, 0.25) is 11.1 Å². The average molecular weight is 372 g/mol. The van der Waals surface area contributed by atoms with Gasteiger partial charge in [0.05, 0.1) is 10.5 Å². The number of likely N-dealkylation sites (tertiary alicyclic amines) is 1. The van der Waals surface area contributed by atoms with Crippen LogP contribution in [0.1, 0.15) is 40.0 Å². The van der Waals surface area contributed by atoms with Gasteiger partial charge in [0.25, 0.3) is 0 Å². The summed E-state index contributed by atoms with van der Waals surface area (Å²) in [4.78, 5) is 31.1. The van der Waals surface area contributed by atoms with Crippen LogP contribution in [0.4, 0.5) is 16.3 Å². The Morgan fingerprint density at radius 3 is 2.80 bits per heavy atom. The summed E-state index contributed by atoms with van der Waals surface area (Å²) in [6, 6.07) is 0. The van der Waals surface area contributed by atoms with Crippen LogP contribution in [0.15, 0.2) is 6.20 Å². The highest BCUT2D eigenvalue weighted by Gasteiger charge is 2.51. The minimum Gasteiger partial charge on any atom is -0.465 e. The maximum Gasteiger partial charge on any atom is 0.407 e. The molecule has 2 N–H and O–H groups in total. The Morgan fingerprint density at radius 2 is 2.24 bits per heavy atom. The van der Waals surface area contributed by atoms with E-state index in [-0.39, 0.29) is 22.2 Å². The van der Waals surface area contributed by atoms with Crippen LogP contribution in [0.3, 0.4) is 0 Å². The van der Waals surface area contributed by atoms with E-state index in [0.717, 1.165) is 19.0 Å². The number of halogens is 1. The van der Waals surface area contributed by atoms with Gasteiger partial charge in [-0.3, -0.25) is 10.1 Å². The molecule has 1 fully saturated rings. The van der Waals surface area contributed by atoms with Gasteiger partial charge in [0.1, 0.15) is 6.20 Å². The lowest BCUT2D eigenvalue weighted by molar-refractivity contribution is -0.384. The Kier molecular flexibility index (Phi) is 5.36. The minimum absolute atomic E-state index is 0.0360. The fourth-order valence-electron chi connectivity index (χ4n) is 3.58. The summed E-state index contributed by atoms with van der Waals surface area (Å²) in [5.41, 5.74) is -1.09. The molecule has 0 spiro atoms. The van der Waals surface area contributed by atoms with Crippen molar-refractivity contribution in [3.63, 3.8) is 0 Å². The molecule has 0 aromatic carbocycles. The number of carbonyl (C=O) groups is 1. The molecule has 1 atom stereocenters. The number of nitro groups is 1. The first kappa shape index (κ1) is 19.2. The molecule has 1 aromatic rings. The minimum atomic E-state index is -0.941. The van der Waals surface area contributed by atoms with E-state index in [2.05, 4.69) is 15.3 Å². The Labute approximate surface area is 150 Å². The second kappa shape index (κ2) is 6.99. The van der Waals surface area contributed by atoms with Crippen LogP contribution in [0.5, 0.6) is 0 Å². The van der Waals surface area contributed by atoms with Crippen LogP contribution in [0, 0.1) is 15.5 Å². The summed E-state index contributed by atoms with van der Waals surface area (Å²) in [5.74, 6) is 0.0360. The second-order valence-corrected chi connectivity index (χ2v) is 7.46. The monoisotopic (exact) mass is 371 g/mol. The summed E-state index contributed by atoms with van der Waals surface area (Å²) < 4.78 is 0. The topological polar surface area (TPSA) is 121 Å². The fraction of sp³-hybridized carbons (Fsp3) is 0.667. The first-order chi connectivity index (χ1) is 11.6. The van der Waals surface area contributed by atoms with Crippen molar-refractivity contribution < 1.29 is 14.8 Å². The molecule has 1 amide bonds. The molecular formula is C15H22ClN5O4. The van der Waals surface area contributed by atoms with Gasteiger partial charge >= 0.3 is 11.8 Å². The molecule has 0 saturated carbocycles. The van der Waals surface area contributed by atoms with Gasteiger partial charge in [0.15, 0.2) is 0 Å². The summed E-state index contributed by atoms with van der Waals surface area (Å²) in [7, 11) is 0. The molecule has 10 heteroatoms. The molecule has 1 aliphatic rings. The Hall–Kier alpha value is -2.16. The van der Waals surface area contributed by atoms with Crippen molar-refractivity contribution in [3.05, 3.63) is 21.6 Å². The molecule has 1 aliphatic heterocycles. The average Bonchev–Trinajstić information content (AvgIpc) is 2.92. The Morgan fingerprint density at radius 1 is 1.56 bits per heavy atom. The van der Waals surface area contributed by atoms with Gasteiger partial charge in [-0.1, -0.05) is 20.8 Å². The summed E-state index contributed by atoms with van der Waals surface area (Å²) in [5, 5.41) is 23.5. The molecule has 0 aliphatic carbocycles. The molecule has 0 bridgehead atoms. The van der Waals surface area contributed by atoms with Crippen LogP contribution in [-0.2, 0) is 0 Å². The van der Waals surface area contributed by atoms with Gasteiger partial charge in [-0.2, -0.15) is 4.98 Å². The third kappa shape index (κ3) is 3.76. The largest absolute Gasteiger partial charge is 0.465 e. The number of amides is 1. The maximum atomic E-state index is 11.7. The van der Waals surface area contributed by atoms with E-state index in [0.29, 0.717) is 19.5 Å². The maximum absolute atomic E-state index is 11.7. The van der Waals surface area contributed by atoms with E-state index in [9.17, 15) is 20.0 Å². The van der Waals surface area contributed by atoms with Crippen molar-refractivity contribution in [2.24, 2.45) is 5.41 Å². The Bertz CT molecular complexity index is 678. The van der Waals surface area contributed by atoms with Crippen molar-refractivity contribution >= 4 is 29.2 Å².